The lowest BCUT2D eigenvalue weighted by atomic mass is 9.92. The number of hydrogen-bond donors (Lipinski definition) is 1. The van der Waals surface area contributed by atoms with Crippen LogP contribution in [0.5, 0.6) is 0 Å². The van der Waals surface area contributed by atoms with Gasteiger partial charge in [-0.1, -0.05) is 13.8 Å². The van der Waals surface area contributed by atoms with E-state index in [1.54, 1.807) is 0 Å². The molecule has 3 unspecified atom stereocenters. The Morgan fingerprint density at radius 1 is 1.27 bits per heavy atom. The van der Waals surface area contributed by atoms with Crippen LogP contribution in [0.1, 0.15) is 25.5 Å². The van der Waals surface area contributed by atoms with E-state index in [1.165, 1.54) is 17.8 Å². The first-order chi connectivity index (χ1) is 7.00. The van der Waals surface area contributed by atoms with E-state index in [1.807, 2.05) is 13.8 Å². The highest BCUT2D eigenvalue weighted by molar-refractivity contribution is 8.00. The molecule has 0 saturated heterocycles. The Kier molecular flexibility index (Phi) is 2.73. The van der Waals surface area contributed by atoms with E-state index in [0.717, 1.165) is 6.07 Å². The molecule has 4 heteroatoms. The van der Waals surface area contributed by atoms with Crippen molar-refractivity contribution >= 4 is 11.8 Å². The molecule has 1 aromatic carbocycles. The van der Waals surface area contributed by atoms with Crippen LogP contribution >= 0.6 is 11.8 Å². The van der Waals surface area contributed by atoms with E-state index in [2.05, 4.69) is 0 Å². The van der Waals surface area contributed by atoms with Gasteiger partial charge in [-0.3, -0.25) is 0 Å². The Hall–Kier alpha value is -0.610. The molecule has 0 spiro atoms. The number of benzene rings is 1. The molecule has 1 aliphatic rings. The van der Waals surface area contributed by atoms with Crippen molar-refractivity contribution in [1.82, 2.24) is 0 Å². The fourth-order valence-corrected chi connectivity index (χ4v) is 3.08. The van der Waals surface area contributed by atoms with Crippen LogP contribution in [-0.4, -0.2) is 5.25 Å². The number of nitrogens with two attached hydrogens (primary N) is 1. The second-order valence-electron chi connectivity index (χ2n) is 4.01. The summed E-state index contributed by atoms with van der Waals surface area (Å²) < 4.78 is 26.5. The molecule has 1 aliphatic heterocycles. The van der Waals surface area contributed by atoms with Crippen LogP contribution in [0.25, 0.3) is 0 Å². The van der Waals surface area contributed by atoms with Crippen LogP contribution in [0, 0.1) is 17.6 Å². The first-order valence-corrected chi connectivity index (χ1v) is 5.80. The van der Waals surface area contributed by atoms with Gasteiger partial charge in [-0.05, 0) is 17.5 Å². The van der Waals surface area contributed by atoms with Gasteiger partial charge in [0.1, 0.15) is 11.6 Å². The van der Waals surface area contributed by atoms with Crippen molar-refractivity contribution in [2.24, 2.45) is 11.7 Å². The van der Waals surface area contributed by atoms with E-state index in [0.29, 0.717) is 10.5 Å². The van der Waals surface area contributed by atoms with Crippen LogP contribution in [0.15, 0.2) is 17.0 Å². The van der Waals surface area contributed by atoms with Crippen molar-refractivity contribution in [3.05, 3.63) is 29.3 Å². The van der Waals surface area contributed by atoms with E-state index in [4.69, 9.17) is 5.73 Å². The molecule has 0 aliphatic carbocycles. The summed E-state index contributed by atoms with van der Waals surface area (Å²) >= 11 is 1.44. The second-order valence-corrected chi connectivity index (χ2v) is 5.40. The highest BCUT2D eigenvalue weighted by Crippen LogP contribution is 2.44. The van der Waals surface area contributed by atoms with Crippen molar-refractivity contribution in [2.75, 3.05) is 0 Å². The fraction of sp³-hybridized carbons (Fsp3) is 0.455. The quantitative estimate of drug-likeness (QED) is 0.739. The number of fused-ring (bicyclic) bond motifs is 1. The summed E-state index contributed by atoms with van der Waals surface area (Å²) in [7, 11) is 0. The summed E-state index contributed by atoms with van der Waals surface area (Å²) in [5.41, 5.74) is 6.57. The molecule has 3 atom stereocenters. The Bertz CT molecular complexity index is 394. The van der Waals surface area contributed by atoms with Crippen LogP contribution < -0.4 is 5.73 Å². The first kappa shape index (κ1) is 10.9. The van der Waals surface area contributed by atoms with Gasteiger partial charge in [-0.2, -0.15) is 0 Å². The largest absolute Gasteiger partial charge is 0.324 e. The molecule has 1 heterocycles. The lowest BCUT2D eigenvalue weighted by Crippen LogP contribution is -2.30. The van der Waals surface area contributed by atoms with Crippen molar-refractivity contribution in [2.45, 2.75) is 30.0 Å². The first-order valence-electron chi connectivity index (χ1n) is 4.92. The average Bonchev–Trinajstić information content (AvgIpc) is 2.17. The van der Waals surface area contributed by atoms with Gasteiger partial charge < -0.3 is 5.73 Å². The topological polar surface area (TPSA) is 26.0 Å². The average molecular weight is 229 g/mol. The summed E-state index contributed by atoms with van der Waals surface area (Å²) in [6.45, 7) is 4.02. The van der Waals surface area contributed by atoms with E-state index in [-0.39, 0.29) is 17.2 Å². The van der Waals surface area contributed by atoms with E-state index >= 15 is 0 Å². The Morgan fingerprint density at radius 3 is 2.60 bits per heavy atom. The summed E-state index contributed by atoms with van der Waals surface area (Å²) in [5, 5.41) is 0.257. The maximum atomic E-state index is 13.5. The summed E-state index contributed by atoms with van der Waals surface area (Å²) in [4.78, 5) is 0.509. The lowest BCUT2D eigenvalue weighted by Gasteiger charge is -2.33. The third-order valence-corrected chi connectivity index (χ3v) is 4.47. The zero-order chi connectivity index (χ0) is 11.2. The highest BCUT2D eigenvalue weighted by atomic mass is 32.2. The van der Waals surface area contributed by atoms with Crippen molar-refractivity contribution in [3.63, 3.8) is 0 Å². The summed E-state index contributed by atoms with van der Waals surface area (Å²) in [5.74, 6) is -0.822. The number of thioether (sulfide) groups is 1. The van der Waals surface area contributed by atoms with Gasteiger partial charge in [0.05, 0.1) is 0 Å². The fourth-order valence-electron chi connectivity index (χ4n) is 1.82. The predicted octanol–water partition coefficient (Wildman–Crippen LogP) is 3.09. The lowest BCUT2D eigenvalue weighted by molar-refractivity contribution is 0.439. The minimum absolute atomic E-state index is 0.226. The van der Waals surface area contributed by atoms with Gasteiger partial charge in [-0.15, -0.1) is 11.8 Å². The third-order valence-electron chi connectivity index (χ3n) is 3.01. The SMILES string of the molecule is CC1Sc2c(F)cc(F)cc2C(N)C1C. The highest BCUT2D eigenvalue weighted by Gasteiger charge is 2.31. The van der Waals surface area contributed by atoms with Crippen LogP contribution in [0.3, 0.4) is 0 Å². The molecule has 0 fully saturated rings. The molecule has 15 heavy (non-hydrogen) atoms. The van der Waals surface area contributed by atoms with Gasteiger partial charge in [0.2, 0.25) is 0 Å². The van der Waals surface area contributed by atoms with Gasteiger partial charge in [-0.25, -0.2) is 8.78 Å². The smallest absolute Gasteiger partial charge is 0.140 e. The van der Waals surface area contributed by atoms with Crippen molar-refractivity contribution < 1.29 is 8.78 Å². The molecule has 2 N–H and O–H groups in total. The molecule has 2 rings (SSSR count). The zero-order valence-electron chi connectivity index (χ0n) is 8.63. The molecular weight excluding hydrogens is 216 g/mol. The molecule has 1 aromatic rings. The third kappa shape index (κ3) is 1.76. The molecule has 0 radical (unpaired) electrons. The number of rotatable bonds is 0. The molecule has 82 valence electrons. The number of hydrogen-bond acceptors (Lipinski definition) is 2. The zero-order valence-corrected chi connectivity index (χ0v) is 9.44. The molecule has 0 amide bonds. The summed E-state index contributed by atoms with van der Waals surface area (Å²) in [6.07, 6.45) is 0. The minimum Gasteiger partial charge on any atom is -0.324 e. The van der Waals surface area contributed by atoms with Crippen molar-refractivity contribution in [1.29, 1.82) is 0 Å². The Balaban J connectivity index is 2.55. The van der Waals surface area contributed by atoms with Gasteiger partial charge in [0.25, 0.3) is 0 Å². The number of halogens is 2. The molecular formula is C11H13F2NS. The van der Waals surface area contributed by atoms with E-state index in [9.17, 15) is 8.78 Å². The maximum absolute atomic E-state index is 13.5. The maximum Gasteiger partial charge on any atom is 0.140 e. The van der Waals surface area contributed by atoms with Crippen LogP contribution in [0.4, 0.5) is 8.78 Å². The van der Waals surface area contributed by atoms with Gasteiger partial charge >= 0.3 is 0 Å². The standard InChI is InChI=1S/C11H13F2NS/c1-5-6(2)15-11-8(10(5)14)3-7(12)4-9(11)13/h3-6,10H,14H2,1-2H3. The molecule has 0 bridgehead atoms. The summed E-state index contributed by atoms with van der Waals surface area (Å²) in [6, 6.07) is 1.99. The normalized spacial score (nSPS) is 30.1. The molecule has 0 aromatic heterocycles. The molecule has 1 nitrogen and oxygen atoms in total. The minimum atomic E-state index is -0.552. The Labute approximate surface area is 92.0 Å². The van der Waals surface area contributed by atoms with E-state index < -0.39 is 11.6 Å². The van der Waals surface area contributed by atoms with Gasteiger partial charge in [0, 0.05) is 22.3 Å². The Morgan fingerprint density at radius 2 is 1.93 bits per heavy atom. The second kappa shape index (κ2) is 3.76. The van der Waals surface area contributed by atoms with Crippen LogP contribution in [0.2, 0.25) is 0 Å². The van der Waals surface area contributed by atoms with Gasteiger partial charge in [0.15, 0.2) is 0 Å². The molecule has 0 saturated carbocycles. The monoisotopic (exact) mass is 229 g/mol. The van der Waals surface area contributed by atoms with Crippen molar-refractivity contribution in [3.8, 4) is 0 Å². The van der Waals surface area contributed by atoms with Crippen LogP contribution in [-0.2, 0) is 0 Å². The predicted molar refractivity (Wildman–Crippen MR) is 57.8 cm³/mol.